The average molecular weight is 399 g/mol. The molecule has 0 N–H and O–H groups in total. The van der Waals surface area contributed by atoms with E-state index in [1.165, 1.54) is 0 Å². The molecule has 1 atom stereocenters. The molecule has 0 radical (unpaired) electrons. The number of hydrogen-bond donors (Lipinski definition) is 0. The van der Waals surface area contributed by atoms with Crippen LogP contribution >= 0.6 is 11.6 Å². The van der Waals surface area contributed by atoms with Crippen molar-refractivity contribution in [2.24, 2.45) is 0 Å². The predicted molar refractivity (Wildman–Crippen MR) is 102 cm³/mol. The zero-order valence-electron chi connectivity index (χ0n) is 15.1. The number of rotatable bonds is 3. The fourth-order valence-corrected chi connectivity index (χ4v) is 3.94. The maximum Gasteiger partial charge on any atom is 0.260 e. The van der Waals surface area contributed by atoms with Gasteiger partial charge >= 0.3 is 0 Å². The van der Waals surface area contributed by atoms with Crippen molar-refractivity contribution in [2.75, 3.05) is 19.8 Å². The molecule has 0 aliphatic carbocycles. The van der Waals surface area contributed by atoms with Crippen LogP contribution in [0.1, 0.15) is 36.3 Å². The fraction of sp³-hybridized carbons (Fsp3) is 0.333. The Balaban J connectivity index is 1.47. The Kier molecular flexibility index (Phi) is 4.45. The lowest BCUT2D eigenvalue weighted by molar-refractivity contribution is 0.0481. The summed E-state index contributed by atoms with van der Waals surface area (Å²) < 4.78 is 23.5. The van der Waals surface area contributed by atoms with E-state index in [1.807, 2.05) is 48.5 Å². The van der Waals surface area contributed by atoms with Crippen LogP contribution in [0.2, 0.25) is 5.02 Å². The first-order valence-electron chi connectivity index (χ1n) is 9.31. The summed E-state index contributed by atoms with van der Waals surface area (Å²) >= 11 is 6.08. The Bertz CT molecular complexity index is 967. The zero-order valence-corrected chi connectivity index (χ0v) is 15.9. The molecule has 6 nitrogen and oxygen atoms in total. The number of fused-ring (bicyclic) bond motifs is 1. The van der Waals surface area contributed by atoms with Crippen molar-refractivity contribution in [3.05, 3.63) is 70.9 Å². The van der Waals surface area contributed by atoms with Gasteiger partial charge in [0.05, 0.1) is 5.41 Å². The Morgan fingerprint density at radius 2 is 1.68 bits per heavy atom. The van der Waals surface area contributed by atoms with E-state index in [4.69, 9.17) is 30.2 Å². The van der Waals surface area contributed by atoms with Crippen molar-refractivity contribution < 1.29 is 18.6 Å². The number of nitrogens with zero attached hydrogens (tertiary/aromatic N) is 2. The maximum atomic E-state index is 6.15. The molecule has 28 heavy (non-hydrogen) atoms. The van der Waals surface area contributed by atoms with E-state index >= 15 is 0 Å². The van der Waals surface area contributed by atoms with E-state index in [2.05, 4.69) is 10.2 Å². The Labute approximate surface area is 167 Å². The molecule has 5 rings (SSSR count). The minimum absolute atomic E-state index is 0.329. The summed E-state index contributed by atoms with van der Waals surface area (Å²) in [7, 11) is 0. The maximum absolute atomic E-state index is 6.15. The third-order valence-corrected chi connectivity index (χ3v) is 5.63. The van der Waals surface area contributed by atoms with Crippen LogP contribution in [0.25, 0.3) is 0 Å². The second-order valence-electron chi connectivity index (χ2n) is 7.01. The third kappa shape index (κ3) is 3.02. The largest absolute Gasteiger partial charge is 0.485 e. The van der Waals surface area contributed by atoms with Gasteiger partial charge in [-0.15, -0.1) is 10.2 Å². The molecule has 3 aromatic rings. The number of aromatic nitrogens is 2. The molecule has 7 heteroatoms. The van der Waals surface area contributed by atoms with Crippen LogP contribution in [0.5, 0.6) is 11.5 Å². The molecule has 0 bridgehead atoms. The lowest BCUT2D eigenvalue weighted by Crippen LogP contribution is -2.35. The highest BCUT2D eigenvalue weighted by Crippen LogP contribution is 2.42. The molecule has 0 saturated carbocycles. The summed E-state index contributed by atoms with van der Waals surface area (Å²) in [6.07, 6.45) is 1.10. The van der Waals surface area contributed by atoms with Crippen LogP contribution in [0.4, 0.5) is 0 Å². The molecule has 1 aromatic heterocycles. The van der Waals surface area contributed by atoms with E-state index < -0.39 is 6.10 Å². The summed E-state index contributed by atoms with van der Waals surface area (Å²) in [5.74, 6) is 2.40. The molecule has 0 amide bonds. The Morgan fingerprint density at radius 3 is 2.46 bits per heavy atom. The van der Waals surface area contributed by atoms with Gasteiger partial charge in [0.25, 0.3) is 5.89 Å². The van der Waals surface area contributed by atoms with Crippen molar-refractivity contribution in [3.63, 3.8) is 0 Å². The predicted octanol–water partition coefficient (Wildman–Crippen LogP) is 4.33. The minimum Gasteiger partial charge on any atom is -0.485 e. The monoisotopic (exact) mass is 398 g/mol. The fourth-order valence-electron chi connectivity index (χ4n) is 3.81. The van der Waals surface area contributed by atoms with Crippen LogP contribution in [-0.4, -0.2) is 30.0 Å². The van der Waals surface area contributed by atoms with E-state index in [0.29, 0.717) is 42.4 Å². The molecular formula is C21H19ClN2O4. The topological polar surface area (TPSA) is 66.6 Å². The van der Waals surface area contributed by atoms with Gasteiger partial charge in [0.15, 0.2) is 11.5 Å². The molecular weight excluding hydrogens is 380 g/mol. The average Bonchev–Trinajstić information content (AvgIpc) is 3.25. The first-order valence-corrected chi connectivity index (χ1v) is 9.69. The van der Waals surface area contributed by atoms with Crippen molar-refractivity contribution in [1.29, 1.82) is 0 Å². The summed E-state index contributed by atoms with van der Waals surface area (Å²) in [4.78, 5) is 0. The van der Waals surface area contributed by atoms with Crippen LogP contribution in [0.3, 0.4) is 0 Å². The first kappa shape index (κ1) is 17.5. The van der Waals surface area contributed by atoms with Crippen LogP contribution in [0, 0.1) is 0 Å². The first-order chi connectivity index (χ1) is 13.7. The van der Waals surface area contributed by atoms with Gasteiger partial charge in [0.1, 0.15) is 6.61 Å². The van der Waals surface area contributed by atoms with Gasteiger partial charge in [-0.2, -0.15) is 0 Å². The molecule has 1 saturated heterocycles. The minimum atomic E-state index is -0.432. The SMILES string of the molecule is Clc1ccc(C2(c3nnc([C@@H]4COc5ccccc5O4)o3)CCOCC2)cc1. The van der Waals surface area contributed by atoms with Gasteiger partial charge in [-0.05, 0) is 42.7 Å². The number of benzene rings is 2. The second-order valence-corrected chi connectivity index (χ2v) is 7.45. The summed E-state index contributed by atoms with van der Waals surface area (Å²) in [6.45, 7) is 1.60. The number of ether oxygens (including phenoxy) is 3. The van der Waals surface area contributed by atoms with Gasteiger partial charge < -0.3 is 18.6 Å². The highest BCUT2D eigenvalue weighted by atomic mass is 35.5. The second kappa shape index (κ2) is 7.11. The molecule has 3 heterocycles. The quantitative estimate of drug-likeness (QED) is 0.654. The summed E-state index contributed by atoms with van der Waals surface area (Å²) in [6, 6.07) is 15.4. The molecule has 0 unspecified atom stereocenters. The van der Waals surface area contributed by atoms with Crippen molar-refractivity contribution in [2.45, 2.75) is 24.4 Å². The van der Waals surface area contributed by atoms with E-state index in [1.54, 1.807) is 0 Å². The Morgan fingerprint density at radius 1 is 0.929 bits per heavy atom. The molecule has 2 aliphatic rings. The van der Waals surface area contributed by atoms with Gasteiger partial charge in [-0.1, -0.05) is 35.9 Å². The van der Waals surface area contributed by atoms with Crippen molar-refractivity contribution in [3.8, 4) is 11.5 Å². The third-order valence-electron chi connectivity index (χ3n) is 5.38. The van der Waals surface area contributed by atoms with E-state index in [9.17, 15) is 0 Å². The summed E-state index contributed by atoms with van der Waals surface area (Å²) in [5.41, 5.74) is 0.711. The van der Waals surface area contributed by atoms with Crippen molar-refractivity contribution >= 4 is 11.6 Å². The van der Waals surface area contributed by atoms with Gasteiger partial charge in [0.2, 0.25) is 12.0 Å². The van der Waals surface area contributed by atoms with Crippen molar-refractivity contribution in [1.82, 2.24) is 10.2 Å². The standard InChI is InChI=1S/C21H19ClN2O4/c22-15-7-5-14(6-8-15)21(9-11-25-12-10-21)20-24-23-19(28-20)18-13-26-16-3-1-2-4-17(16)27-18/h1-8,18H,9-13H2/t18-/m0/s1. The number of para-hydroxylation sites is 2. The van der Waals surface area contributed by atoms with Crippen LogP contribution < -0.4 is 9.47 Å². The van der Waals surface area contributed by atoms with Gasteiger partial charge in [-0.25, -0.2) is 0 Å². The van der Waals surface area contributed by atoms with E-state index in [-0.39, 0.29) is 5.41 Å². The lowest BCUT2D eigenvalue weighted by atomic mass is 9.74. The number of hydrogen-bond acceptors (Lipinski definition) is 6. The zero-order chi connectivity index (χ0) is 19.0. The molecule has 2 aromatic carbocycles. The highest BCUT2D eigenvalue weighted by molar-refractivity contribution is 6.30. The number of halogens is 1. The molecule has 144 valence electrons. The molecule has 0 spiro atoms. The van der Waals surface area contributed by atoms with Gasteiger partial charge in [-0.3, -0.25) is 0 Å². The smallest absolute Gasteiger partial charge is 0.260 e. The molecule has 1 fully saturated rings. The Hall–Kier alpha value is -2.57. The lowest BCUT2D eigenvalue weighted by Gasteiger charge is -2.34. The van der Waals surface area contributed by atoms with E-state index in [0.717, 1.165) is 24.2 Å². The molecule has 2 aliphatic heterocycles. The normalized spacial score (nSPS) is 20.7. The summed E-state index contributed by atoms with van der Waals surface area (Å²) in [5, 5.41) is 9.39. The van der Waals surface area contributed by atoms with Crippen LogP contribution in [-0.2, 0) is 10.2 Å². The highest BCUT2D eigenvalue weighted by Gasteiger charge is 2.42. The van der Waals surface area contributed by atoms with Gasteiger partial charge in [0, 0.05) is 18.2 Å². The van der Waals surface area contributed by atoms with Crippen LogP contribution in [0.15, 0.2) is 52.9 Å².